The molecule has 0 unspecified atom stereocenters. The van der Waals surface area contributed by atoms with Crippen LogP contribution in [0.15, 0.2) is 22.6 Å². The lowest BCUT2D eigenvalue weighted by atomic mass is 10.2. The summed E-state index contributed by atoms with van der Waals surface area (Å²) in [5.74, 6) is 0.118. The topological polar surface area (TPSA) is 55.5 Å². The van der Waals surface area contributed by atoms with Gasteiger partial charge in [0.15, 0.2) is 11.1 Å². The van der Waals surface area contributed by atoms with Crippen LogP contribution in [-0.4, -0.2) is 16.7 Å². The van der Waals surface area contributed by atoms with Crippen LogP contribution in [0.3, 0.4) is 0 Å². The van der Waals surface area contributed by atoms with Crippen molar-refractivity contribution in [1.82, 2.24) is 4.98 Å². The maximum Gasteiger partial charge on any atom is 0.394 e. The lowest BCUT2D eigenvalue weighted by molar-refractivity contribution is 0.230. The van der Waals surface area contributed by atoms with Crippen LogP contribution in [0.5, 0.6) is 11.8 Å². The maximum absolute atomic E-state index is 9.55. The molecule has 0 atom stereocenters. The van der Waals surface area contributed by atoms with Crippen LogP contribution < -0.4 is 4.74 Å². The standard InChI is InChI=1S/C13H17NO3/c1-2-3-4-5-9-16-13-14-12-10(15)7-6-8-11(12)17-13/h6-8,15H,2-5,9H2,1H3. The minimum atomic E-state index is 0.118. The van der Waals surface area contributed by atoms with E-state index >= 15 is 0 Å². The average Bonchev–Trinajstić information content (AvgIpc) is 2.73. The Morgan fingerprint density at radius 2 is 2.18 bits per heavy atom. The SMILES string of the molecule is CCCCCCOc1nc2c(O)cccc2o1. The molecule has 1 heterocycles. The number of aromatic hydroxyl groups is 1. The third-order valence-electron chi connectivity index (χ3n) is 2.60. The Labute approximate surface area is 100 Å². The van der Waals surface area contributed by atoms with Crippen molar-refractivity contribution in [1.29, 1.82) is 0 Å². The third kappa shape index (κ3) is 2.90. The predicted octanol–water partition coefficient (Wildman–Crippen LogP) is 3.49. The van der Waals surface area contributed by atoms with E-state index in [1.807, 2.05) is 0 Å². The Kier molecular flexibility index (Phi) is 3.85. The van der Waals surface area contributed by atoms with Crippen molar-refractivity contribution in [2.75, 3.05) is 6.61 Å². The summed E-state index contributed by atoms with van der Waals surface area (Å²) in [4.78, 5) is 4.09. The molecule has 0 saturated heterocycles. The van der Waals surface area contributed by atoms with E-state index in [9.17, 15) is 5.11 Å². The normalized spacial score (nSPS) is 10.9. The number of aromatic nitrogens is 1. The van der Waals surface area contributed by atoms with Gasteiger partial charge in [-0.25, -0.2) is 0 Å². The van der Waals surface area contributed by atoms with E-state index < -0.39 is 0 Å². The van der Waals surface area contributed by atoms with Gasteiger partial charge in [-0.05, 0) is 18.6 Å². The van der Waals surface area contributed by atoms with E-state index in [1.165, 1.54) is 12.8 Å². The minimum Gasteiger partial charge on any atom is -0.506 e. The fraction of sp³-hybridized carbons (Fsp3) is 0.462. The molecule has 0 fully saturated rings. The Morgan fingerprint density at radius 3 is 2.94 bits per heavy atom. The second kappa shape index (κ2) is 5.57. The second-order valence-electron chi connectivity index (χ2n) is 4.01. The fourth-order valence-corrected chi connectivity index (χ4v) is 1.66. The first-order valence-corrected chi connectivity index (χ1v) is 6.02. The number of ether oxygens (including phenoxy) is 1. The lowest BCUT2D eigenvalue weighted by Crippen LogP contribution is -1.96. The molecule has 4 nitrogen and oxygen atoms in total. The van der Waals surface area contributed by atoms with Crippen LogP contribution in [-0.2, 0) is 0 Å². The minimum absolute atomic E-state index is 0.118. The molecule has 17 heavy (non-hydrogen) atoms. The summed E-state index contributed by atoms with van der Waals surface area (Å²) < 4.78 is 10.8. The van der Waals surface area contributed by atoms with Crippen LogP contribution in [0.25, 0.3) is 11.1 Å². The average molecular weight is 235 g/mol. The summed E-state index contributed by atoms with van der Waals surface area (Å²) in [6.07, 6.45) is 4.81. The highest BCUT2D eigenvalue weighted by Gasteiger charge is 2.09. The highest BCUT2D eigenvalue weighted by Crippen LogP contribution is 2.27. The molecule has 0 aliphatic rings. The van der Waals surface area contributed by atoms with Gasteiger partial charge in [-0.15, -0.1) is 0 Å². The smallest absolute Gasteiger partial charge is 0.394 e. The summed E-state index contributed by atoms with van der Waals surface area (Å²) in [6.45, 7) is 2.78. The number of hydrogen-bond acceptors (Lipinski definition) is 4. The molecule has 0 amide bonds. The summed E-state index contributed by atoms with van der Waals surface area (Å²) in [5, 5.41) is 9.55. The van der Waals surface area contributed by atoms with Crippen LogP contribution in [0, 0.1) is 0 Å². The summed E-state index contributed by atoms with van der Waals surface area (Å²) in [5.41, 5.74) is 1.00. The molecular weight excluding hydrogens is 218 g/mol. The van der Waals surface area contributed by atoms with Gasteiger partial charge in [0.1, 0.15) is 5.75 Å². The lowest BCUT2D eigenvalue weighted by Gasteiger charge is -1.99. The predicted molar refractivity (Wildman–Crippen MR) is 65.3 cm³/mol. The monoisotopic (exact) mass is 235 g/mol. The van der Waals surface area contributed by atoms with Crippen LogP contribution in [0.1, 0.15) is 32.6 Å². The molecule has 0 spiro atoms. The van der Waals surface area contributed by atoms with Crippen LogP contribution >= 0.6 is 0 Å². The molecule has 1 aromatic heterocycles. The summed E-state index contributed by atoms with van der Waals surface area (Å²) in [7, 11) is 0. The van der Waals surface area contributed by atoms with E-state index in [-0.39, 0.29) is 11.8 Å². The highest BCUT2D eigenvalue weighted by molar-refractivity contribution is 5.79. The summed E-state index contributed by atoms with van der Waals surface area (Å²) in [6, 6.07) is 5.05. The first-order chi connectivity index (χ1) is 8.31. The highest BCUT2D eigenvalue weighted by atomic mass is 16.6. The van der Waals surface area contributed by atoms with Gasteiger partial charge in [-0.3, -0.25) is 0 Å². The number of nitrogens with zero attached hydrogens (tertiary/aromatic N) is 1. The number of hydrogen-bond donors (Lipinski definition) is 1. The van der Waals surface area contributed by atoms with E-state index in [0.717, 1.165) is 12.8 Å². The molecular formula is C13H17NO3. The number of para-hydroxylation sites is 1. The van der Waals surface area contributed by atoms with Gasteiger partial charge in [0.05, 0.1) is 6.61 Å². The fourth-order valence-electron chi connectivity index (χ4n) is 1.66. The maximum atomic E-state index is 9.55. The Morgan fingerprint density at radius 1 is 1.29 bits per heavy atom. The Hall–Kier alpha value is -1.71. The van der Waals surface area contributed by atoms with Crippen molar-refractivity contribution < 1.29 is 14.3 Å². The van der Waals surface area contributed by atoms with Gasteiger partial charge in [0.25, 0.3) is 0 Å². The Balaban J connectivity index is 1.93. The molecule has 1 N–H and O–H groups in total. The molecule has 1 aromatic carbocycles. The first-order valence-electron chi connectivity index (χ1n) is 6.02. The molecule has 92 valence electrons. The first kappa shape index (κ1) is 11.8. The number of benzene rings is 1. The van der Waals surface area contributed by atoms with Crippen molar-refractivity contribution in [3.63, 3.8) is 0 Å². The van der Waals surface area contributed by atoms with E-state index in [2.05, 4.69) is 11.9 Å². The van der Waals surface area contributed by atoms with Crippen molar-refractivity contribution in [3.8, 4) is 11.8 Å². The number of phenols is 1. The quantitative estimate of drug-likeness (QED) is 0.778. The number of fused-ring (bicyclic) bond motifs is 1. The van der Waals surface area contributed by atoms with E-state index in [1.54, 1.807) is 18.2 Å². The second-order valence-corrected chi connectivity index (χ2v) is 4.01. The van der Waals surface area contributed by atoms with Gasteiger partial charge < -0.3 is 14.3 Å². The van der Waals surface area contributed by atoms with Crippen molar-refractivity contribution in [2.24, 2.45) is 0 Å². The number of unbranched alkanes of at least 4 members (excludes halogenated alkanes) is 3. The zero-order chi connectivity index (χ0) is 12.1. The number of rotatable bonds is 6. The zero-order valence-corrected chi connectivity index (χ0v) is 9.98. The van der Waals surface area contributed by atoms with Gasteiger partial charge in [0.2, 0.25) is 0 Å². The molecule has 2 rings (SSSR count). The van der Waals surface area contributed by atoms with Crippen molar-refractivity contribution >= 4 is 11.1 Å². The van der Waals surface area contributed by atoms with Gasteiger partial charge in [-0.2, -0.15) is 4.98 Å². The molecule has 4 heteroatoms. The van der Waals surface area contributed by atoms with Crippen molar-refractivity contribution in [3.05, 3.63) is 18.2 Å². The van der Waals surface area contributed by atoms with Crippen LogP contribution in [0.2, 0.25) is 0 Å². The van der Waals surface area contributed by atoms with Gasteiger partial charge >= 0.3 is 6.08 Å². The number of oxazole rings is 1. The zero-order valence-electron chi connectivity index (χ0n) is 9.98. The molecule has 0 bridgehead atoms. The van der Waals surface area contributed by atoms with Crippen molar-refractivity contribution in [2.45, 2.75) is 32.6 Å². The molecule has 0 saturated carbocycles. The third-order valence-corrected chi connectivity index (χ3v) is 2.60. The summed E-state index contributed by atoms with van der Waals surface area (Å²) >= 11 is 0. The van der Waals surface area contributed by atoms with Crippen LogP contribution in [0.4, 0.5) is 0 Å². The van der Waals surface area contributed by atoms with Gasteiger partial charge in [0, 0.05) is 0 Å². The molecule has 0 aliphatic carbocycles. The molecule has 0 radical (unpaired) electrons. The molecule has 0 aliphatic heterocycles. The largest absolute Gasteiger partial charge is 0.506 e. The Bertz CT molecular complexity index is 478. The van der Waals surface area contributed by atoms with Gasteiger partial charge in [-0.1, -0.05) is 32.3 Å². The molecule has 2 aromatic rings. The van der Waals surface area contributed by atoms with E-state index in [0.29, 0.717) is 17.7 Å². The number of phenolic OH excluding ortho intramolecular Hbond substituents is 1. The van der Waals surface area contributed by atoms with E-state index in [4.69, 9.17) is 9.15 Å².